The number of hydrogen-bond acceptors (Lipinski definition) is 4. The predicted molar refractivity (Wildman–Crippen MR) is 72.5 cm³/mol. The van der Waals surface area contributed by atoms with Gasteiger partial charge in [-0.15, -0.1) is 0 Å². The van der Waals surface area contributed by atoms with Crippen LogP contribution in [0.5, 0.6) is 0 Å². The highest BCUT2D eigenvalue weighted by molar-refractivity contribution is 7.71. The van der Waals surface area contributed by atoms with Gasteiger partial charge in [0.15, 0.2) is 4.77 Å². The van der Waals surface area contributed by atoms with Crippen molar-refractivity contribution < 1.29 is 0 Å². The van der Waals surface area contributed by atoms with Crippen LogP contribution in [0, 0.1) is 4.77 Å². The molecule has 4 nitrogen and oxygen atoms in total. The molecule has 1 aromatic carbocycles. The van der Waals surface area contributed by atoms with Crippen molar-refractivity contribution in [1.29, 1.82) is 0 Å². The van der Waals surface area contributed by atoms with Gasteiger partial charge < -0.3 is 10.7 Å². The summed E-state index contributed by atoms with van der Waals surface area (Å²) in [7, 11) is 0. The molecule has 2 aromatic rings. The largest absolute Gasteiger partial charge is 0.383 e. The molecule has 0 unspecified atom stereocenters. The number of aromatic amines is 1. The molecule has 17 heavy (non-hydrogen) atoms. The van der Waals surface area contributed by atoms with Crippen LogP contribution in [0.2, 0.25) is 5.02 Å². The second-order valence-electron chi connectivity index (χ2n) is 3.30. The average Bonchev–Trinajstić information content (AvgIpc) is 2.30. The minimum absolute atomic E-state index is 0.341. The van der Waals surface area contributed by atoms with Crippen LogP contribution in [0.25, 0.3) is 0 Å². The van der Waals surface area contributed by atoms with Crippen molar-refractivity contribution in [1.82, 2.24) is 9.97 Å². The van der Waals surface area contributed by atoms with Crippen LogP contribution in [0.3, 0.4) is 0 Å². The van der Waals surface area contributed by atoms with E-state index in [1.165, 1.54) is 6.20 Å². The number of nitrogens with two attached hydrogens (primary N) is 1. The highest BCUT2D eigenvalue weighted by atomic mass is 35.5. The van der Waals surface area contributed by atoms with E-state index in [9.17, 15) is 0 Å². The van der Waals surface area contributed by atoms with Crippen molar-refractivity contribution in [2.45, 2.75) is 0 Å². The van der Waals surface area contributed by atoms with E-state index in [2.05, 4.69) is 15.0 Å². The summed E-state index contributed by atoms with van der Waals surface area (Å²) < 4.78 is 0.341. The molecule has 3 N–H and O–H groups in total. The smallest absolute Gasteiger partial charge is 0.198 e. The third-order valence-electron chi connectivity index (χ3n) is 2.04. The first-order valence-electron chi connectivity index (χ1n) is 4.79. The molecule has 0 aliphatic carbocycles. The molecule has 0 fully saturated rings. The van der Waals surface area contributed by atoms with E-state index in [1.807, 2.05) is 12.1 Å². The molecule has 2 rings (SSSR count). The molecule has 1 heterocycles. The summed E-state index contributed by atoms with van der Waals surface area (Å²) in [6, 6.07) is 7.31. The number of aliphatic imine (C=N–C) groups is 1. The highest BCUT2D eigenvalue weighted by Crippen LogP contribution is 2.17. The van der Waals surface area contributed by atoms with Gasteiger partial charge in [-0.25, -0.2) is 4.98 Å². The van der Waals surface area contributed by atoms with Crippen molar-refractivity contribution in [3.63, 3.8) is 0 Å². The number of hydrogen-bond donors (Lipinski definition) is 2. The number of aromatic nitrogens is 2. The fourth-order valence-electron chi connectivity index (χ4n) is 1.20. The van der Waals surface area contributed by atoms with Gasteiger partial charge in [0.05, 0.1) is 6.20 Å². The Morgan fingerprint density at radius 1 is 1.35 bits per heavy atom. The highest BCUT2D eigenvalue weighted by Gasteiger charge is 1.96. The minimum Gasteiger partial charge on any atom is -0.383 e. The third kappa shape index (κ3) is 3.12. The van der Waals surface area contributed by atoms with Gasteiger partial charge in [-0.1, -0.05) is 23.7 Å². The fourth-order valence-corrected chi connectivity index (χ4v) is 1.49. The molecule has 0 bridgehead atoms. The molecular formula is C11H9ClN4S. The molecule has 1 aromatic heterocycles. The summed E-state index contributed by atoms with van der Waals surface area (Å²) >= 11 is 10.6. The molecular weight excluding hydrogens is 256 g/mol. The molecule has 6 heteroatoms. The zero-order valence-corrected chi connectivity index (χ0v) is 10.3. The number of nitrogen functional groups attached to an aromatic ring is 1. The molecule has 86 valence electrons. The second kappa shape index (κ2) is 5.07. The summed E-state index contributed by atoms with van der Waals surface area (Å²) in [6.07, 6.45) is 3.21. The molecule has 0 aliphatic heterocycles. The lowest BCUT2D eigenvalue weighted by Crippen LogP contribution is -1.92. The lowest BCUT2D eigenvalue weighted by molar-refractivity contribution is 1.14. The monoisotopic (exact) mass is 264 g/mol. The first-order valence-corrected chi connectivity index (χ1v) is 5.58. The first-order chi connectivity index (χ1) is 8.15. The minimum atomic E-state index is 0.341. The third-order valence-corrected chi connectivity index (χ3v) is 2.50. The Labute approximate surface area is 108 Å². The Morgan fingerprint density at radius 3 is 2.71 bits per heavy atom. The Bertz CT molecular complexity index is 604. The van der Waals surface area contributed by atoms with Gasteiger partial charge in [0.25, 0.3) is 0 Å². The number of H-pyrrole nitrogens is 1. The Hall–Kier alpha value is -1.72. The molecule has 0 atom stereocenters. The van der Waals surface area contributed by atoms with Crippen LogP contribution in [0.4, 0.5) is 11.5 Å². The maximum Gasteiger partial charge on any atom is 0.198 e. The number of halogens is 1. The van der Waals surface area contributed by atoms with Gasteiger partial charge in [-0.3, -0.25) is 4.99 Å². The number of anilines is 1. The fraction of sp³-hybridized carbons (Fsp3) is 0. The predicted octanol–water partition coefficient (Wildman–Crippen LogP) is 3.13. The van der Waals surface area contributed by atoms with E-state index >= 15 is 0 Å². The van der Waals surface area contributed by atoms with E-state index in [-0.39, 0.29) is 0 Å². The van der Waals surface area contributed by atoms with E-state index < -0.39 is 0 Å². The summed E-state index contributed by atoms with van der Waals surface area (Å²) in [4.78, 5) is 10.9. The summed E-state index contributed by atoms with van der Waals surface area (Å²) in [6.45, 7) is 0. The second-order valence-corrected chi connectivity index (χ2v) is 4.12. The Morgan fingerprint density at radius 2 is 2.06 bits per heavy atom. The van der Waals surface area contributed by atoms with Crippen molar-refractivity contribution in [3.8, 4) is 0 Å². The molecule has 0 saturated heterocycles. The molecule has 0 radical (unpaired) electrons. The maximum atomic E-state index is 5.78. The Kier molecular flexibility index (Phi) is 3.51. The lowest BCUT2D eigenvalue weighted by Gasteiger charge is -1.98. The summed E-state index contributed by atoms with van der Waals surface area (Å²) in [5, 5.41) is 0.687. The maximum absolute atomic E-state index is 5.78. The van der Waals surface area contributed by atoms with Crippen LogP contribution in [0.15, 0.2) is 35.5 Å². The normalized spacial score (nSPS) is 10.9. The molecule has 0 aliphatic rings. The number of rotatable bonds is 2. The first kappa shape index (κ1) is 11.8. The Balaban J connectivity index is 2.26. The molecule has 0 spiro atoms. The molecule has 0 saturated carbocycles. The average molecular weight is 265 g/mol. The van der Waals surface area contributed by atoms with E-state index in [0.717, 1.165) is 5.56 Å². The quantitative estimate of drug-likeness (QED) is 0.647. The van der Waals surface area contributed by atoms with Gasteiger partial charge in [-0.05, 0) is 29.9 Å². The summed E-state index contributed by atoms with van der Waals surface area (Å²) in [5.74, 6) is 0.398. The van der Waals surface area contributed by atoms with Gasteiger partial charge in [-0.2, -0.15) is 0 Å². The standard InChI is InChI=1S/C11H9ClN4S/c12-8-3-1-7(2-4-8)5-14-9-6-15-11(17)16-10(9)13/h1-6H,(H3,13,15,16,17). The number of benzene rings is 1. The topological polar surface area (TPSA) is 67.1 Å². The zero-order chi connectivity index (χ0) is 12.3. The van der Waals surface area contributed by atoms with Gasteiger partial charge in [0, 0.05) is 11.2 Å². The van der Waals surface area contributed by atoms with Crippen LogP contribution in [-0.2, 0) is 0 Å². The van der Waals surface area contributed by atoms with Gasteiger partial charge in [0.1, 0.15) is 11.5 Å². The van der Waals surface area contributed by atoms with Gasteiger partial charge >= 0.3 is 0 Å². The number of nitrogens with zero attached hydrogens (tertiary/aromatic N) is 2. The van der Waals surface area contributed by atoms with Crippen LogP contribution in [0.1, 0.15) is 5.56 Å². The van der Waals surface area contributed by atoms with Gasteiger partial charge in [0.2, 0.25) is 0 Å². The number of nitrogens with one attached hydrogen (secondary N) is 1. The molecule has 0 amide bonds. The van der Waals surface area contributed by atoms with Crippen LogP contribution >= 0.6 is 23.8 Å². The van der Waals surface area contributed by atoms with Crippen LogP contribution in [-0.4, -0.2) is 16.2 Å². The van der Waals surface area contributed by atoms with Crippen molar-refractivity contribution in [3.05, 3.63) is 45.8 Å². The summed E-state index contributed by atoms with van der Waals surface area (Å²) in [5.41, 5.74) is 7.19. The van der Waals surface area contributed by atoms with Crippen molar-refractivity contribution >= 4 is 41.5 Å². The zero-order valence-electron chi connectivity index (χ0n) is 8.72. The van der Waals surface area contributed by atoms with Crippen molar-refractivity contribution in [2.75, 3.05) is 5.73 Å². The van der Waals surface area contributed by atoms with E-state index in [0.29, 0.717) is 21.3 Å². The lowest BCUT2D eigenvalue weighted by atomic mass is 10.2. The van der Waals surface area contributed by atoms with Crippen molar-refractivity contribution in [2.24, 2.45) is 4.99 Å². The van der Waals surface area contributed by atoms with Crippen LogP contribution < -0.4 is 5.73 Å². The SMILES string of the molecule is Nc1[nH]c(=S)ncc1N=Cc1ccc(Cl)cc1. The van der Waals surface area contributed by atoms with E-state index in [1.54, 1.807) is 18.3 Å². The van der Waals surface area contributed by atoms with E-state index in [4.69, 9.17) is 29.6 Å².